The van der Waals surface area contributed by atoms with Crippen LogP contribution in [0.25, 0.3) is 21.5 Å². The molecule has 2 aliphatic heterocycles. The Hall–Kier alpha value is -2.85. The molecule has 2 aliphatic rings. The fourth-order valence-electron chi connectivity index (χ4n) is 9.43. The summed E-state index contributed by atoms with van der Waals surface area (Å²) < 4.78 is 117. The summed E-state index contributed by atoms with van der Waals surface area (Å²) in [5.74, 6) is -0.950. The summed E-state index contributed by atoms with van der Waals surface area (Å²) in [6, 6.07) is 19.9. The molecule has 0 amide bonds. The molecule has 364 valence electrons. The minimum absolute atomic E-state index is 0. The van der Waals surface area contributed by atoms with Gasteiger partial charge in [-0.15, -0.1) is 0 Å². The molecule has 4 aromatic rings. The molecular formula is C49H60N2Na2O13S3. The first-order chi connectivity index (χ1) is 31.5. The predicted molar refractivity (Wildman–Crippen MR) is 257 cm³/mol. The van der Waals surface area contributed by atoms with Crippen LogP contribution in [0.4, 0.5) is 11.4 Å². The third kappa shape index (κ3) is 15.6. The summed E-state index contributed by atoms with van der Waals surface area (Å²) in [4.78, 5) is 13.1. The maximum Gasteiger partial charge on any atom is 1.00 e. The van der Waals surface area contributed by atoms with Gasteiger partial charge in [0, 0.05) is 71.2 Å². The van der Waals surface area contributed by atoms with Crippen LogP contribution in [0.1, 0.15) is 103 Å². The number of aliphatic carboxylic acids is 1. The van der Waals surface area contributed by atoms with E-state index in [0.29, 0.717) is 63.3 Å². The van der Waals surface area contributed by atoms with Crippen LogP contribution in [-0.2, 0) is 46.0 Å². The molecule has 1 N–H and O–H groups in total. The van der Waals surface area contributed by atoms with E-state index in [2.05, 4.69) is 55.4 Å². The van der Waals surface area contributed by atoms with Crippen molar-refractivity contribution in [2.45, 2.75) is 103 Å². The van der Waals surface area contributed by atoms with Gasteiger partial charge in [0.05, 0.1) is 49.0 Å². The molecule has 2 heterocycles. The minimum atomic E-state index is -4.40. The Kier molecular flexibility index (Phi) is 21.0. The molecule has 0 aliphatic carbocycles. The average molecular weight is 1030 g/mol. The number of carbonyl (C=O) groups is 1. The number of hydrogen-bond donors (Lipinski definition) is 1. The van der Waals surface area contributed by atoms with Crippen LogP contribution in [0.5, 0.6) is 11.5 Å². The van der Waals surface area contributed by atoms with E-state index in [1.807, 2.05) is 60.7 Å². The number of rotatable bonds is 25. The number of ether oxygens (including phenoxy) is 2. The van der Waals surface area contributed by atoms with E-state index in [0.717, 1.165) is 61.9 Å². The van der Waals surface area contributed by atoms with Crippen molar-refractivity contribution >= 4 is 75.0 Å². The van der Waals surface area contributed by atoms with Crippen LogP contribution in [0.2, 0.25) is 0 Å². The molecule has 6 rings (SSSR count). The molecule has 20 heteroatoms. The van der Waals surface area contributed by atoms with E-state index in [4.69, 9.17) is 14.6 Å². The van der Waals surface area contributed by atoms with Gasteiger partial charge >= 0.3 is 65.1 Å². The largest absolute Gasteiger partial charge is 1.00 e. The minimum Gasteiger partial charge on any atom is -0.748 e. The second kappa shape index (κ2) is 24.7. The number of benzene rings is 4. The summed E-state index contributed by atoms with van der Waals surface area (Å²) in [5, 5.41) is 12.9. The van der Waals surface area contributed by atoms with Gasteiger partial charge in [-0.1, -0.05) is 38.1 Å². The molecule has 15 nitrogen and oxygen atoms in total. The maximum absolute atomic E-state index is 11.6. The maximum atomic E-state index is 11.6. The van der Waals surface area contributed by atoms with E-state index in [1.54, 1.807) is 0 Å². The van der Waals surface area contributed by atoms with Crippen molar-refractivity contribution in [2.75, 3.05) is 48.5 Å². The van der Waals surface area contributed by atoms with Gasteiger partial charge in [0.15, 0.2) is 5.71 Å². The van der Waals surface area contributed by atoms with Crippen molar-refractivity contribution < 1.29 is 122 Å². The van der Waals surface area contributed by atoms with Crippen LogP contribution in [0, 0.1) is 0 Å². The number of unbranched alkanes of at least 4 members (excludes halogenated alkanes) is 5. The quantitative estimate of drug-likeness (QED) is 0.0433. The molecule has 0 saturated heterocycles. The van der Waals surface area contributed by atoms with E-state index < -0.39 is 64.4 Å². The van der Waals surface area contributed by atoms with Crippen molar-refractivity contribution in [2.24, 2.45) is 0 Å². The molecule has 69 heavy (non-hydrogen) atoms. The molecule has 0 aromatic heterocycles. The summed E-state index contributed by atoms with van der Waals surface area (Å²) in [6.07, 6.45) is 10.1. The molecule has 0 saturated carbocycles. The monoisotopic (exact) mass is 1030 g/mol. The van der Waals surface area contributed by atoms with Gasteiger partial charge in [-0.3, -0.25) is 4.79 Å². The summed E-state index contributed by atoms with van der Waals surface area (Å²) in [6.45, 7) is 10.0. The third-order valence-corrected chi connectivity index (χ3v) is 14.9. The van der Waals surface area contributed by atoms with Gasteiger partial charge in [0.2, 0.25) is 5.69 Å². The zero-order valence-electron chi connectivity index (χ0n) is 40.5. The Balaban J connectivity index is 0.00000518. The SMILES string of the molecule is CC1(C)C(/C=C/C=C2/N(CCCCS(=O)(=O)[O-])c3ccc4ccc(OCCCCCC(=O)O)cc4c3C2(C)C)=[N+](CCCCS(=O)(=O)[O-])c2ccc3ccc(OCCCCS(=O)(=O)[O-])cc3c21.[Na+].[Na+]. The average Bonchev–Trinajstić information content (AvgIpc) is 3.59. The van der Waals surface area contributed by atoms with E-state index in [9.17, 15) is 43.7 Å². The normalized spacial score (nSPS) is 15.9. The van der Waals surface area contributed by atoms with Crippen LogP contribution < -0.4 is 73.5 Å². The van der Waals surface area contributed by atoms with E-state index in [1.165, 1.54) is 0 Å². The Morgan fingerprint density at radius 1 is 0.652 bits per heavy atom. The number of anilines is 1. The number of carboxylic acid groups (broad SMARTS) is 1. The second-order valence-corrected chi connectivity index (χ2v) is 22.9. The summed E-state index contributed by atoms with van der Waals surface area (Å²) >= 11 is 0. The van der Waals surface area contributed by atoms with Crippen LogP contribution in [0.3, 0.4) is 0 Å². The molecular weight excluding hydrogens is 967 g/mol. The van der Waals surface area contributed by atoms with Gasteiger partial charge in [0.25, 0.3) is 0 Å². The summed E-state index contributed by atoms with van der Waals surface area (Å²) in [5.41, 5.74) is 4.65. The molecule has 0 spiro atoms. The van der Waals surface area contributed by atoms with Gasteiger partial charge in [-0.25, -0.2) is 25.3 Å². The van der Waals surface area contributed by atoms with Crippen LogP contribution in [-0.4, -0.2) is 104 Å². The van der Waals surface area contributed by atoms with E-state index in [-0.39, 0.29) is 91.4 Å². The molecule has 0 unspecified atom stereocenters. The van der Waals surface area contributed by atoms with Gasteiger partial charge < -0.3 is 33.1 Å². The molecule has 0 radical (unpaired) electrons. The number of allylic oxidation sites excluding steroid dienone is 4. The Labute approximate surface area is 451 Å². The zero-order chi connectivity index (χ0) is 48.8. The van der Waals surface area contributed by atoms with Crippen molar-refractivity contribution in [1.29, 1.82) is 0 Å². The molecule has 0 fully saturated rings. The van der Waals surface area contributed by atoms with Gasteiger partial charge in [-0.05, 0) is 135 Å². The third-order valence-electron chi connectivity index (χ3n) is 12.6. The number of carboxylic acids is 1. The van der Waals surface area contributed by atoms with E-state index >= 15 is 0 Å². The fraction of sp³-hybridized carbons (Fsp3) is 0.469. The van der Waals surface area contributed by atoms with Gasteiger partial charge in [0.1, 0.15) is 18.0 Å². The topological polar surface area (TPSA) is 234 Å². The number of nitrogens with zero attached hydrogens (tertiary/aromatic N) is 2. The van der Waals surface area contributed by atoms with Gasteiger partial charge in [-0.2, -0.15) is 4.58 Å². The number of hydrogen-bond acceptors (Lipinski definition) is 13. The first-order valence-electron chi connectivity index (χ1n) is 22.7. The van der Waals surface area contributed by atoms with Crippen LogP contribution in [0.15, 0.2) is 84.6 Å². The Bertz CT molecular complexity index is 2930. The van der Waals surface area contributed by atoms with Crippen molar-refractivity contribution in [3.8, 4) is 11.5 Å². The molecule has 4 aromatic carbocycles. The Morgan fingerprint density at radius 3 is 1.72 bits per heavy atom. The Morgan fingerprint density at radius 2 is 1.16 bits per heavy atom. The van der Waals surface area contributed by atoms with Crippen molar-refractivity contribution in [1.82, 2.24) is 0 Å². The second-order valence-electron chi connectivity index (χ2n) is 18.3. The predicted octanol–water partition coefficient (Wildman–Crippen LogP) is 1.99. The first-order valence-corrected chi connectivity index (χ1v) is 27.4. The zero-order valence-corrected chi connectivity index (χ0v) is 46.9. The molecule has 0 bridgehead atoms. The fourth-order valence-corrected chi connectivity index (χ4v) is 11.1. The summed E-state index contributed by atoms with van der Waals surface area (Å²) in [7, 11) is -13.1. The standard InChI is InChI=1S/C49H62N2O13S3.2Na/c1-48(2)43(50(26-7-11-30-65(54,55)56)41-24-20-35-18-22-37(33-39(35)46(41)48)63-28-9-5-6-17-45(52)53)15-14-16-44-49(3,4)47-40-34-38(64-29-10-13-32-67(60,61)62)23-19-36(40)21-25-42(47)51(44)27-8-12-31-66(57,58)59;;/h14-16,18-25,33-34H,5-13,17,26-32H2,1-4H3,(H3-,52,53,54,55,56,57,58,59,60,61,62);;/q;2*+1/p-2. The van der Waals surface area contributed by atoms with Crippen molar-refractivity contribution in [3.63, 3.8) is 0 Å². The smallest absolute Gasteiger partial charge is 0.748 e. The first kappa shape index (κ1) is 58.7. The van der Waals surface area contributed by atoms with Crippen LogP contribution >= 0.6 is 0 Å². The molecule has 0 atom stereocenters. The number of fused-ring (bicyclic) bond motifs is 6. The van der Waals surface area contributed by atoms with Crippen molar-refractivity contribution in [3.05, 3.63) is 95.7 Å².